The lowest BCUT2D eigenvalue weighted by Crippen LogP contribution is -2.30. The summed E-state index contributed by atoms with van der Waals surface area (Å²) in [7, 11) is 0. The summed E-state index contributed by atoms with van der Waals surface area (Å²) in [5.74, 6) is 2.54. The van der Waals surface area contributed by atoms with Gasteiger partial charge in [-0.1, -0.05) is 25.3 Å². The number of nitrogens with one attached hydrogen (secondary N) is 1. The van der Waals surface area contributed by atoms with Gasteiger partial charge in [0.25, 0.3) is 0 Å². The highest BCUT2D eigenvalue weighted by Crippen LogP contribution is 2.31. The number of carbonyl (C=O) groups excluding carboxylic acids is 1. The minimum Gasteiger partial charge on any atom is -0.486 e. The molecule has 4 heteroatoms. The summed E-state index contributed by atoms with van der Waals surface area (Å²) in [6, 6.07) is 6.06. The first-order valence-electron chi connectivity index (χ1n) is 8.96. The van der Waals surface area contributed by atoms with Gasteiger partial charge in [-0.3, -0.25) is 4.79 Å². The topological polar surface area (TPSA) is 47.6 Å². The second kappa shape index (κ2) is 8.23. The predicted molar refractivity (Wildman–Crippen MR) is 90.0 cm³/mol. The molecule has 1 aromatic carbocycles. The molecule has 1 N–H and O–H groups in total. The molecular weight excluding hydrogens is 290 g/mol. The fourth-order valence-corrected chi connectivity index (χ4v) is 3.43. The first kappa shape index (κ1) is 16.2. The number of ether oxygens (including phenoxy) is 2. The fourth-order valence-electron chi connectivity index (χ4n) is 3.43. The van der Waals surface area contributed by atoms with Crippen LogP contribution in [0.2, 0.25) is 0 Å². The van der Waals surface area contributed by atoms with Crippen molar-refractivity contribution in [1.29, 1.82) is 0 Å². The zero-order chi connectivity index (χ0) is 15.9. The molecule has 2 aliphatic rings. The van der Waals surface area contributed by atoms with Crippen LogP contribution in [0.15, 0.2) is 18.2 Å². The van der Waals surface area contributed by atoms with Crippen molar-refractivity contribution in [2.24, 2.45) is 5.92 Å². The maximum absolute atomic E-state index is 12.0. The molecule has 1 aliphatic heterocycles. The lowest BCUT2D eigenvalue weighted by atomic mass is 9.89. The Kier molecular flexibility index (Phi) is 5.78. The highest BCUT2D eigenvalue weighted by Gasteiger charge is 2.14. The van der Waals surface area contributed by atoms with Crippen LogP contribution in [0.25, 0.3) is 0 Å². The molecule has 4 nitrogen and oxygen atoms in total. The quantitative estimate of drug-likeness (QED) is 0.874. The summed E-state index contributed by atoms with van der Waals surface area (Å²) in [4.78, 5) is 12.0. The molecule has 0 spiro atoms. The number of amides is 1. The molecule has 1 aliphatic carbocycles. The first-order valence-corrected chi connectivity index (χ1v) is 8.96. The van der Waals surface area contributed by atoms with Gasteiger partial charge in [-0.2, -0.15) is 0 Å². The van der Waals surface area contributed by atoms with Crippen LogP contribution in [0.4, 0.5) is 0 Å². The van der Waals surface area contributed by atoms with E-state index in [0.29, 0.717) is 25.6 Å². The van der Waals surface area contributed by atoms with E-state index < -0.39 is 0 Å². The second-order valence-corrected chi connectivity index (χ2v) is 6.64. The van der Waals surface area contributed by atoms with Crippen LogP contribution in [0.5, 0.6) is 11.5 Å². The van der Waals surface area contributed by atoms with Gasteiger partial charge in [-0.05, 0) is 49.3 Å². The summed E-state index contributed by atoms with van der Waals surface area (Å²) in [6.07, 6.45) is 8.93. The van der Waals surface area contributed by atoms with Crippen LogP contribution >= 0.6 is 0 Å². The van der Waals surface area contributed by atoms with E-state index in [0.717, 1.165) is 30.9 Å². The van der Waals surface area contributed by atoms with Gasteiger partial charge in [0.1, 0.15) is 13.2 Å². The number of fused-ring (bicyclic) bond motifs is 1. The third kappa shape index (κ3) is 4.88. The van der Waals surface area contributed by atoms with Crippen molar-refractivity contribution < 1.29 is 14.3 Å². The number of carbonyl (C=O) groups is 1. The van der Waals surface area contributed by atoms with E-state index in [-0.39, 0.29) is 5.91 Å². The van der Waals surface area contributed by atoms with Crippen LogP contribution in [0.1, 0.15) is 50.5 Å². The van der Waals surface area contributed by atoms with Gasteiger partial charge in [0.15, 0.2) is 11.5 Å². The molecular formula is C19H27NO3. The zero-order valence-electron chi connectivity index (χ0n) is 13.8. The van der Waals surface area contributed by atoms with E-state index in [1.807, 2.05) is 12.1 Å². The Morgan fingerprint density at radius 2 is 1.87 bits per heavy atom. The second-order valence-electron chi connectivity index (χ2n) is 6.64. The van der Waals surface area contributed by atoms with Crippen molar-refractivity contribution in [3.8, 4) is 11.5 Å². The summed E-state index contributed by atoms with van der Waals surface area (Å²) in [6.45, 7) is 2.09. The molecule has 1 saturated carbocycles. The van der Waals surface area contributed by atoms with E-state index >= 15 is 0 Å². The Morgan fingerprint density at radius 1 is 1.09 bits per heavy atom. The van der Waals surface area contributed by atoms with Crippen molar-refractivity contribution >= 4 is 5.91 Å². The molecule has 1 fully saturated rings. The number of rotatable bonds is 6. The molecule has 0 bridgehead atoms. The molecule has 126 valence electrons. The lowest BCUT2D eigenvalue weighted by molar-refractivity contribution is -0.121. The fraction of sp³-hybridized carbons (Fsp3) is 0.632. The third-order valence-electron chi connectivity index (χ3n) is 4.79. The predicted octanol–water partition coefficient (Wildman–Crippen LogP) is 3.48. The van der Waals surface area contributed by atoms with Crippen LogP contribution in [-0.2, 0) is 11.2 Å². The van der Waals surface area contributed by atoms with Crippen molar-refractivity contribution in [1.82, 2.24) is 5.32 Å². The number of aryl methyl sites for hydroxylation is 1. The van der Waals surface area contributed by atoms with Gasteiger partial charge in [0, 0.05) is 13.0 Å². The molecule has 1 aromatic rings. The van der Waals surface area contributed by atoms with Gasteiger partial charge in [-0.15, -0.1) is 0 Å². The zero-order valence-corrected chi connectivity index (χ0v) is 13.8. The summed E-state index contributed by atoms with van der Waals surface area (Å²) in [5.41, 5.74) is 1.20. The Hall–Kier alpha value is -1.71. The van der Waals surface area contributed by atoms with Gasteiger partial charge in [0.2, 0.25) is 5.91 Å². The van der Waals surface area contributed by atoms with Crippen molar-refractivity contribution in [3.63, 3.8) is 0 Å². The van der Waals surface area contributed by atoms with Crippen LogP contribution in [0, 0.1) is 5.92 Å². The summed E-state index contributed by atoms with van der Waals surface area (Å²) in [5, 5.41) is 3.10. The Morgan fingerprint density at radius 3 is 2.70 bits per heavy atom. The standard InChI is InChI=1S/C19H27NO3/c21-19(20-14-16-5-2-1-3-6-16)8-4-7-15-9-10-17-18(13-15)23-12-11-22-17/h9-10,13,16H,1-8,11-12,14H2,(H,20,21). The van der Waals surface area contributed by atoms with E-state index in [2.05, 4.69) is 11.4 Å². The Labute approximate surface area is 138 Å². The summed E-state index contributed by atoms with van der Waals surface area (Å²) >= 11 is 0. The minimum absolute atomic E-state index is 0.188. The largest absolute Gasteiger partial charge is 0.486 e. The Bertz CT molecular complexity index is 523. The normalized spacial score (nSPS) is 17.7. The first-order chi connectivity index (χ1) is 11.3. The highest BCUT2D eigenvalue weighted by atomic mass is 16.6. The number of benzene rings is 1. The number of hydrogen-bond donors (Lipinski definition) is 1. The molecule has 23 heavy (non-hydrogen) atoms. The van der Waals surface area contributed by atoms with Crippen molar-refractivity contribution in [3.05, 3.63) is 23.8 Å². The monoisotopic (exact) mass is 317 g/mol. The highest BCUT2D eigenvalue weighted by molar-refractivity contribution is 5.75. The maximum atomic E-state index is 12.0. The lowest BCUT2D eigenvalue weighted by Gasteiger charge is -2.21. The average molecular weight is 317 g/mol. The molecule has 3 rings (SSSR count). The smallest absolute Gasteiger partial charge is 0.220 e. The van der Waals surface area contributed by atoms with Crippen molar-refractivity contribution in [2.75, 3.05) is 19.8 Å². The van der Waals surface area contributed by atoms with E-state index in [9.17, 15) is 4.79 Å². The minimum atomic E-state index is 0.188. The van der Waals surface area contributed by atoms with Gasteiger partial charge in [-0.25, -0.2) is 0 Å². The van der Waals surface area contributed by atoms with Gasteiger partial charge in [0.05, 0.1) is 0 Å². The number of hydrogen-bond acceptors (Lipinski definition) is 3. The van der Waals surface area contributed by atoms with Crippen LogP contribution in [0.3, 0.4) is 0 Å². The van der Waals surface area contributed by atoms with Crippen molar-refractivity contribution in [2.45, 2.75) is 51.4 Å². The molecule has 0 aromatic heterocycles. The van der Waals surface area contributed by atoms with E-state index in [1.165, 1.54) is 37.7 Å². The molecule has 1 amide bonds. The van der Waals surface area contributed by atoms with Gasteiger partial charge < -0.3 is 14.8 Å². The van der Waals surface area contributed by atoms with E-state index in [1.54, 1.807) is 0 Å². The SMILES string of the molecule is O=C(CCCc1ccc2c(c1)OCCO2)NCC1CCCCC1. The maximum Gasteiger partial charge on any atom is 0.220 e. The molecule has 0 radical (unpaired) electrons. The molecule has 0 atom stereocenters. The Balaban J connectivity index is 1.36. The summed E-state index contributed by atoms with van der Waals surface area (Å²) < 4.78 is 11.1. The van der Waals surface area contributed by atoms with Crippen LogP contribution < -0.4 is 14.8 Å². The molecule has 0 saturated heterocycles. The third-order valence-corrected chi connectivity index (χ3v) is 4.79. The average Bonchev–Trinajstić information content (AvgIpc) is 2.61. The molecule has 0 unspecified atom stereocenters. The molecule has 1 heterocycles. The van der Waals surface area contributed by atoms with Gasteiger partial charge >= 0.3 is 0 Å². The van der Waals surface area contributed by atoms with E-state index in [4.69, 9.17) is 9.47 Å². The van der Waals surface area contributed by atoms with Crippen LogP contribution in [-0.4, -0.2) is 25.7 Å².